The highest BCUT2D eigenvalue weighted by Crippen LogP contribution is 2.42. The number of hydrogen-bond acceptors (Lipinski definition) is 5. The van der Waals surface area contributed by atoms with Crippen molar-refractivity contribution in [3.05, 3.63) is 56.6 Å². The summed E-state index contributed by atoms with van der Waals surface area (Å²) in [6.45, 7) is 1.67. The van der Waals surface area contributed by atoms with Gasteiger partial charge in [-0.25, -0.2) is 4.90 Å². The fourth-order valence-electron chi connectivity index (χ4n) is 3.11. The van der Waals surface area contributed by atoms with Crippen LogP contribution in [0.4, 0.5) is 24.5 Å². The van der Waals surface area contributed by atoms with Crippen molar-refractivity contribution in [3.63, 3.8) is 0 Å². The highest BCUT2D eigenvalue weighted by Gasteiger charge is 2.45. The van der Waals surface area contributed by atoms with Gasteiger partial charge in [-0.2, -0.15) is 13.2 Å². The van der Waals surface area contributed by atoms with E-state index in [9.17, 15) is 32.9 Å². The molecule has 1 aliphatic rings. The van der Waals surface area contributed by atoms with Gasteiger partial charge >= 0.3 is 6.18 Å². The van der Waals surface area contributed by atoms with E-state index in [1.165, 1.54) is 0 Å². The number of hydrogen-bond donors (Lipinski definition) is 0. The van der Waals surface area contributed by atoms with Gasteiger partial charge < -0.3 is 4.42 Å². The highest BCUT2D eigenvalue weighted by atomic mass is 19.4. The smallest absolute Gasteiger partial charge is 0.423 e. The van der Waals surface area contributed by atoms with Crippen LogP contribution in [0.3, 0.4) is 0 Å². The van der Waals surface area contributed by atoms with Gasteiger partial charge in [-0.05, 0) is 30.7 Å². The largest absolute Gasteiger partial charge is 0.455 e. The van der Waals surface area contributed by atoms with Crippen LogP contribution < -0.4 is 4.90 Å². The lowest BCUT2D eigenvalue weighted by molar-refractivity contribution is -0.388. The van der Waals surface area contributed by atoms with Crippen molar-refractivity contribution < 1.29 is 32.1 Å². The van der Waals surface area contributed by atoms with Crippen molar-refractivity contribution >= 4 is 34.4 Å². The molecule has 0 radical (unpaired) electrons. The number of aryl methyl sites for hydroxylation is 1. The second-order valence-electron chi connectivity index (χ2n) is 5.77. The summed E-state index contributed by atoms with van der Waals surface area (Å²) in [6, 6.07) is 3.54. The van der Waals surface area contributed by atoms with Crippen LogP contribution in [0.25, 0.3) is 11.2 Å². The Kier molecular flexibility index (Phi) is 2.97. The van der Waals surface area contributed by atoms with Crippen LogP contribution in [0.2, 0.25) is 0 Å². The van der Waals surface area contributed by atoms with Crippen molar-refractivity contribution in [2.24, 2.45) is 0 Å². The van der Waals surface area contributed by atoms with E-state index in [1.807, 2.05) is 0 Å². The van der Waals surface area contributed by atoms with Gasteiger partial charge in [0.15, 0.2) is 0 Å². The number of anilines is 1. The number of imide groups is 1. The van der Waals surface area contributed by atoms with Crippen LogP contribution in [0.1, 0.15) is 31.8 Å². The molecule has 2 aromatic heterocycles. The van der Waals surface area contributed by atoms with E-state index in [2.05, 4.69) is 0 Å². The lowest BCUT2D eigenvalue weighted by Gasteiger charge is -2.16. The SMILES string of the molecule is Cc1cc2oc1c1c2C(=O)N(c2ccc([N+](=O)[O-])c(C(F)(F)F)c2)C1=O. The summed E-state index contributed by atoms with van der Waals surface area (Å²) in [6.07, 6.45) is -5.02. The van der Waals surface area contributed by atoms with Crippen LogP contribution in [-0.2, 0) is 6.18 Å². The fourth-order valence-corrected chi connectivity index (χ4v) is 3.11. The Morgan fingerprint density at radius 1 is 1.12 bits per heavy atom. The van der Waals surface area contributed by atoms with E-state index >= 15 is 0 Å². The number of rotatable bonds is 2. The molecule has 1 aliphatic heterocycles. The molecule has 26 heavy (non-hydrogen) atoms. The van der Waals surface area contributed by atoms with Gasteiger partial charge in [-0.15, -0.1) is 0 Å². The number of nitro groups is 1. The summed E-state index contributed by atoms with van der Waals surface area (Å²) in [4.78, 5) is 35.4. The number of alkyl halides is 3. The molecule has 0 atom stereocenters. The predicted molar refractivity (Wildman–Crippen MR) is 81.4 cm³/mol. The number of nitro benzene ring substituents is 1. The minimum atomic E-state index is -5.02. The van der Waals surface area contributed by atoms with E-state index in [0.717, 1.165) is 6.07 Å². The molecule has 7 nitrogen and oxygen atoms in total. The van der Waals surface area contributed by atoms with E-state index in [4.69, 9.17) is 4.42 Å². The number of fused-ring (bicyclic) bond motifs is 5. The molecular formula is C16H7F3N2O5. The second-order valence-corrected chi connectivity index (χ2v) is 5.77. The van der Waals surface area contributed by atoms with Crippen LogP contribution in [0.5, 0.6) is 0 Å². The maximum Gasteiger partial charge on any atom is 0.423 e. The standard InChI is InChI=1S/C16H7F3N2O5/c1-6-4-10-11-12(13(6)26-10)15(23)20(14(11)22)7-2-3-9(21(24)25)8(5-7)16(17,18)19/h2-5H,1H3. The molecule has 0 saturated carbocycles. The molecule has 2 bridgehead atoms. The molecule has 3 heterocycles. The molecule has 132 valence electrons. The van der Waals surface area contributed by atoms with Gasteiger partial charge in [0.1, 0.15) is 16.7 Å². The zero-order valence-electron chi connectivity index (χ0n) is 12.9. The maximum atomic E-state index is 13.1. The average Bonchev–Trinajstić information content (AvgIpc) is 3.17. The summed E-state index contributed by atoms with van der Waals surface area (Å²) in [5, 5.41) is 10.8. The van der Waals surface area contributed by atoms with Crippen molar-refractivity contribution in [2.45, 2.75) is 13.1 Å². The van der Waals surface area contributed by atoms with Crippen LogP contribution >= 0.6 is 0 Å². The third-order valence-corrected chi connectivity index (χ3v) is 4.22. The first-order valence-electron chi connectivity index (χ1n) is 7.21. The number of carbonyl (C=O) groups is 2. The van der Waals surface area contributed by atoms with E-state index in [-0.39, 0.29) is 22.3 Å². The first-order chi connectivity index (χ1) is 12.1. The topological polar surface area (TPSA) is 93.7 Å². The summed E-state index contributed by atoms with van der Waals surface area (Å²) < 4.78 is 44.8. The molecule has 4 rings (SSSR count). The molecule has 0 N–H and O–H groups in total. The Hall–Kier alpha value is -3.43. The van der Waals surface area contributed by atoms with Crippen molar-refractivity contribution in [1.29, 1.82) is 0 Å². The maximum absolute atomic E-state index is 13.1. The van der Waals surface area contributed by atoms with Gasteiger partial charge in [-0.3, -0.25) is 19.7 Å². The molecule has 1 aromatic carbocycles. The van der Waals surface area contributed by atoms with Crippen LogP contribution in [0, 0.1) is 17.0 Å². The highest BCUT2D eigenvalue weighted by molar-refractivity contribution is 6.39. The van der Waals surface area contributed by atoms with Crippen LogP contribution in [0.15, 0.2) is 28.7 Å². The second kappa shape index (κ2) is 4.81. The third kappa shape index (κ3) is 1.95. The van der Waals surface area contributed by atoms with Crippen molar-refractivity contribution in [2.75, 3.05) is 4.90 Å². The van der Waals surface area contributed by atoms with Gasteiger partial charge in [0.25, 0.3) is 17.5 Å². The molecule has 0 fully saturated rings. The van der Waals surface area contributed by atoms with Crippen molar-refractivity contribution in [3.8, 4) is 0 Å². The number of carbonyl (C=O) groups excluding carboxylic acids is 2. The summed E-state index contributed by atoms with van der Waals surface area (Å²) in [5.74, 6) is -1.66. The Morgan fingerprint density at radius 2 is 1.77 bits per heavy atom. The van der Waals surface area contributed by atoms with E-state index in [1.54, 1.807) is 13.0 Å². The predicted octanol–water partition coefficient (Wildman–Crippen LogP) is 3.91. The summed E-state index contributed by atoms with van der Waals surface area (Å²) >= 11 is 0. The monoisotopic (exact) mass is 364 g/mol. The summed E-state index contributed by atoms with van der Waals surface area (Å²) in [5.41, 5.74) is -2.11. The third-order valence-electron chi connectivity index (χ3n) is 4.22. The normalized spacial score (nSPS) is 14.5. The Morgan fingerprint density at radius 3 is 2.38 bits per heavy atom. The van der Waals surface area contributed by atoms with Gasteiger partial charge in [-0.1, -0.05) is 0 Å². The number of amides is 2. The van der Waals surface area contributed by atoms with Gasteiger partial charge in [0.2, 0.25) is 0 Å². The van der Waals surface area contributed by atoms with Gasteiger partial charge in [0.05, 0.1) is 21.7 Å². The fraction of sp³-hybridized carbons (Fsp3) is 0.125. The van der Waals surface area contributed by atoms with Crippen LogP contribution in [-0.4, -0.2) is 16.7 Å². The molecule has 0 spiro atoms. The number of halogens is 3. The van der Waals surface area contributed by atoms with E-state index < -0.39 is 39.9 Å². The molecule has 2 amide bonds. The Balaban J connectivity index is 1.87. The average molecular weight is 364 g/mol. The minimum absolute atomic E-state index is 0.00286. The molecule has 3 aromatic rings. The van der Waals surface area contributed by atoms with Crippen molar-refractivity contribution in [1.82, 2.24) is 0 Å². The number of furan rings is 2. The quantitative estimate of drug-likeness (QED) is 0.390. The van der Waals surface area contributed by atoms with Gasteiger partial charge in [0, 0.05) is 6.07 Å². The van der Waals surface area contributed by atoms with E-state index in [0.29, 0.717) is 22.6 Å². The lowest BCUT2D eigenvalue weighted by atomic mass is 10.1. The first-order valence-corrected chi connectivity index (χ1v) is 7.21. The summed E-state index contributed by atoms with van der Waals surface area (Å²) in [7, 11) is 0. The number of nitrogens with zero attached hydrogens (tertiary/aromatic N) is 2. The molecular weight excluding hydrogens is 357 g/mol. The minimum Gasteiger partial charge on any atom is -0.455 e. The zero-order valence-corrected chi connectivity index (χ0v) is 12.9. The Labute approximate surface area is 142 Å². The number of benzene rings is 2. The first kappa shape index (κ1) is 16.1. The molecule has 0 saturated heterocycles. The molecule has 0 unspecified atom stereocenters. The molecule has 10 heteroatoms. The molecule has 0 aliphatic carbocycles. The lowest BCUT2D eigenvalue weighted by Crippen LogP contribution is -2.30. The zero-order chi connectivity index (χ0) is 19.0. The Bertz CT molecular complexity index is 1120.